The fraction of sp³-hybridized carbons (Fsp3) is 0.333. The van der Waals surface area contributed by atoms with Crippen LogP contribution in [0.25, 0.3) is 0 Å². The van der Waals surface area contributed by atoms with Crippen LogP contribution < -0.4 is 5.32 Å². The van der Waals surface area contributed by atoms with Gasteiger partial charge < -0.3 is 15.2 Å². The first kappa shape index (κ1) is 14.7. The number of carbonyl (C=O) groups excluding carboxylic acids is 1. The lowest BCUT2D eigenvalue weighted by Gasteiger charge is -2.06. The van der Waals surface area contributed by atoms with E-state index >= 15 is 0 Å². The molecule has 0 aliphatic heterocycles. The SMILES string of the molecule is O=C(O)COCCNC(=O)Cc1ccccc1Br. The minimum absolute atomic E-state index is 0.124. The van der Waals surface area contributed by atoms with Crippen LogP contribution in [0.15, 0.2) is 28.7 Å². The molecule has 5 nitrogen and oxygen atoms in total. The van der Waals surface area contributed by atoms with Crippen LogP contribution in [0.5, 0.6) is 0 Å². The van der Waals surface area contributed by atoms with Crippen molar-refractivity contribution in [1.82, 2.24) is 5.32 Å². The maximum atomic E-state index is 11.6. The molecule has 98 valence electrons. The summed E-state index contributed by atoms with van der Waals surface area (Å²) in [4.78, 5) is 21.7. The molecule has 1 aromatic carbocycles. The van der Waals surface area contributed by atoms with Gasteiger partial charge in [-0.15, -0.1) is 0 Å². The summed E-state index contributed by atoms with van der Waals surface area (Å²) in [5, 5.41) is 11.0. The predicted molar refractivity (Wildman–Crippen MR) is 69.3 cm³/mol. The Morgan fingerprint density at radius 3 is 2.72 bits per heavy atom. The highest BCUT2D eigenvalue weighted by Crippen LogP contribution is 2.15. The second-order valence-electron chi connectivity index (χ2n) is 3.56. The number of benzene rings is 1. The molecule has 0 aliphatic rings. The molecule has 1 aromatic rings. The van der Waals surface area contributed by atoms with Gasteiger partial charge in [0, 0.05) is 11.0 Å². The average Bonchev–Trinajstić information content (AvgIpc) is 2.31. The monoisotopic (exact) mass is 315 g/mol. The molecule has 0 aromatic heterocycles. The van der Waals surface area contributed by atoms with Gasteiger partial charge >= 0.3 is 5.97 Å². The number of halogens is 1. The smallest absolute Gasteiger partial charge is 0.329 e. The molecule has 0 spiro atoms. The number of amides is 1. The molecule has 0 saturated heterocycles. The van der Waals surface area contributed by atoms with Crippen LogP contribution in [0, 0.1) is 0 Å². The summed E-state index contributed by atoms with van der Waals surface area (Å²) in [5.74, 6) is -1.14. The number of hydrogen-bond acceptors (Lipinski definition) is 3. The highest BCUT2D eigenvalue weighted by atomic mass is 79.9. The van der Waals surface area contributed by atoms with Crippen LogP contribution in [0.3, 0.4) is 0 Å². The van der Waals surface area contributed by atoms with E-state index in [9.17, 15) is 9.59 Å². The van der Waals surface area contributed by atoms with Gasteiger partial charge in [0.2, 0.25) is 5.91 Å². The molecule has 0 bridgehead atoms. The number of carboxylic acid groups (broad SMARTS) is 1. The number of hydrogen-bond donors (Lipinski definition) is 2. The average molecular weight is 316 g/mol. The number of ether oxygens (including phenoxy) is 1. The van der Waals surface area contributed by atoms with E-state index in [0.717, 1.165) is 10.0 Å². The van der Waals surface area contributed by atoms with Gasteiger partial charge in [-0.05, 0) is 11.6 Å². The van der Waals surface area contributed by atoms with Crippen molar-refractivity contribution in [2.24, 2.45) is 0 Å². The highest BCUT2D eigenvalue weighted by molar-refractivity contribution is 9.10. The maximum Gasteiger partial charge on any atom is 0.329 e. The van der Waals surface area contributed by atoms with Crippen LogP contribution in [-0.4, -0.2) is 36.7 Å². The zero-order valence-electron chi connectivity index (χ0n) is 9.69. The Balaban J connectivity index is 2.22. The van der Waals surface area contributed by atoms with Crippen molar-refractivity contribution in [2.75, 3.05) is 19.8 Å². The third-order valence-corrected chi connectivity index (χ3v) is 2.88. The minimum atomic E-state index is -1.02. The quantitative estimate of drug-likeness (QED) is 0.742. The van der Waals surface area contributed by atoms with E-state index < -0.39 is 5.97 Å². The topological polar surface area (TPSA) is 75.6 Å². The van der Waals surface area contributed by atoms with Gasteiger partial charge in [-0.25, -0.2) is 4.79 Å². The number of nitrogens with one attached hydrogen (secondary N) is 1. The Hall–Kier alpha value is -1.40. The fourth-order valence-corrected chi connectivity index (χ4v) is 1.72. The van der Waals surface area contributed by atoms with E-state index in [1.54, 1.807) is 0 Å². The first-order chi connectivity index (χ1) is 8.59. The van der Waals surface area contributed by atoms with Gasteiger partial charge in [-0.3, -0.25) is 4.79 Å². The molecule has 2 N–H and O–H groups in total. The highest BCUT2D eigenvalue weighted by Gasteiger charge is 2.05. The molecule has 0 aliphatic carbocycles. The Bertz CT molecular complexity index is 422. The Kier molecular flexibility index (Phi) is 6.38. The fourth-order valence-electron chi connectivity index (χ4n) is 1.30. The lowest BCUT2D eigenvalue weighted by atomic mass is 10.1. The lowest BCUT2D eigenvalue weighted by molar-refractivity contribution is -0.142. The molecular formula is C12H14BrNO4. The molecular weight excluding hydrogens is 302 g/mol. The van der Waals surface area contributed by atoms with Gasteiger partial charge in [0.05, 0.1) is 13.0 Å². The van der Waals surface area contributed by atoms with E-state index in [-0.39, 0.29) is 25.5 Å². The third kappa shape index (κ3) is 5.79. The molecule has 18 heavy (non-hydrogen) atoms. The minimum Gasteiger partial charge on any atom is -0.480 e. The van der Waals surface area contributed by atoms with Crippen molar-refractivity contribution in [1.29, 1.82) is 0 Å². The van der Waals surface area contributed by atoms with Crippen molar-refractivity contribution in [3.63, 3.8) is 0 Å². The second-order valence-corrected chi connectivity index (χ2v) is 4.42. The van der Waals surface area contributed by atoms with Crippen molar-refractivity contribution in [3.05, 3.63) is 34.3 Å². The lowest BCUT2D eigenvalue weighted by Crippen LogP contribution is -2.29. The number of carbonyl (C=O) groups is 2. The molecule has 0 unspecified atom stereocenters. The summed E-state index contributed by atoms with van der Waals surface area (Å²) in [6.07, 6.45) is 0.278. The van der Waals surface area contributed by atoms with Gasteiger partial charge in [0.15, 0.2) is 0 Å². The van der Waals surface area contributed by atoms with Crippen LogP contribution in [0.1, 0.15) is 5.56 Å². The predicted octanol–water partition coefficient (Wildman–Crippen LogP) is 1.21. The van der Waals surface area contributed by atoms with Crippen LogP contribution in [0.4, 0.5) is 0 Å². The van der Waals surface area contributed by atoms with Crippen LogP contribution in [-0.2, 0) is 20.7 Å². The third-order valence-electron chi connectivity index (χ3n) is 2.10. The van der Waals surface area contributed by atoms with Crippen LogP contribution in [0.2, 0.25) is 0 Å². The second kappa shape index (κ2) is 7.84. The van der Waals surface area contributed by atoms with E-state index in [0.29, 0.717) is 6.54 Å². The van der Waals surface area contributed by atoms with Crippen molar-refractivity contribution in [3.8, 4) is 0 Å². The molecule has 1 rings (SSSR count). The molecule has 6 heteroatoms. The molecule has 0 heterocycles. The number of rotatable bonds is 7. The summed E-state index contributed by atoms with van der Waals surface area (Å²) in [6, 6.07) is 7.48. The Labute approximate surface area is 113 Å². The van der Waals surface area contributed by atoms with E-state index in [1.165, 1.54) is 0 Å². The summed E-state index contributed by atoms with van der Waals surface area (Å²) in [6.45, 7) is 0.144. The Morgan fingerprint density at radius 1 is 1.33 bits per heavy atom. The van der Waals surface area contributed by atoms with Gasteiger partial charge in [-0.1, -0.05) is 34.1 Å². The zero-order chi connectivity index (χ0) is 13.4. The summed E-state index contributed by atoms with van der Waals surface area (Å²) in [7, 11) is 0. The van der Waals surface area contributed by atoms with Gasteiger partial charge in [-0.2, -0.15) is 0 Å². The standard InChI is InChI=1S/C12H14BrNO4/c13-10-4-2-1-3-9(10)7-11(15)14-5-6-18-8-12(16)17/h1-4H,5-8H2,(H,14,15)(H,16,17). The first-order valence-corrected chi connectivity index (χ1v) is 6.18. The van der Waals surface area contributed by atoms with E-state index in [2.05, 4.69) is 21.2 Å². The summed E-state index contributed by atoms with van der Waals surface area (Å²) in [5.41, 5.74) is 0.904. The van der Waals surface area contributed by atoms with Crippen molar-refractivity contribution in [2.45, 2.75) is 6.42 Å². The Morgan fingerprint density at radius 2 is 2.06 bits per heavy atom. The van der Waals surface area contributed by atoms with Crippen molar-refractivity contribution < 1.29 is 19.4 Å². The number of carboxylic acids is 1. The normalized spacial score (nSPS) is 10.1. The van der Waals surface area contributed by atoms with Gasteiger partial charge in [0.25, 0.3) is 0 Å². The molecule has 0 atom stereocenters. The molecule has 0 radical (unpaired) electrons. The van der Waals surface area contributed by atoms with Gasteiger partial charge in [0.1, 0.15) is 6.61 Å². The molecule has 1 amide bonds. The van der Waals surface area contributed by atoms with Crippen molar-refractivity contribution >= 4 is 27.8 Å². The maximum absolute atomic E-state index is 11.6. The summed E-state index contributed by atoms with van der Waals surface area (Å²) < 4.78 is 5.69. The largest absolute Gasteiger partial charge is 0.480 e. The van der Waals surface area contributed by atoms with E-state index in [4.69, 9.17) is 9.84 Å². The zero-order valence-corrected chi connectivity index (χ0v) is 11.3. The molecule has 0 saturated carbocycles. The first-order valence-electron chi connectivity index (χ1n) is 5.39. The summed E-state index contributed by atoms with van der Waals surface area (Å²) >= 11 is 3.36. The van der Waals surface area contributed by atoms with Crippen LogP contribution >= 0.6 is 15.9 Å². The molecule has 0 fully saturated rings. The number of aliphatic carboxylic acids is 1. The van der Waals surface area contributed by atoms with E-state index in [1.807, 2.05) is 24.3 Å².